The summed E-state index contributed by atoms with van der Waals surface area (Å²) < 4.78 is 13.3. The minimum atomic E-state index is -0.352. The molecule has 120 valence electrons. The zero-order valence-electron chi connectivity index (χ0n) is 13.1. The molecule has 3 aromatic rings. The number of nitrogens with one attached hydrogen (secondary N) is 1. The van der Waals surface area contributed by atoms with Gasteiger partial charge in [0.05, 0.1) is 11.7 Å². The molecule has 4 nitrogen and oxygen atoms in total. The topological polar surface area (TPSA) is 54.9 Å². The van der Waals surface area contributed by atoms with Crippen LogP contribution in [0.15, 0.2) is 67.0 Å². The molecule has 0 bridgehead atoms. The number of halogens is 1. The molecular formula is C19H16FN3O. The lowest BCUT2D eigenvalue weighted by Gasteiger charge is -2.14. The summed E-state index contributed by atoms with van der Waals surface area (Å²) in [5.74, 6) is -0.652. The van der Waals surface area contributed by atoms with Gasteiger partial charge >= 0.3 is 0 Å². The van der Waals surface area contributed by atoms with Crippen molar-refractivity contribution in [2.24, 2.45) is 0 Å². The van der Waals surface area contributed by atoms with Crippen LogP contribution in [0.3, 0.4) is 0 Å². The Hall–Kier alpha value is -3.08. The minimum absolute atomic E-state index is 0.147. The largest absolute Gasteiger partial charge is 0.344 e. The number of benzene rings is 2. The highest BCUT2D eigenvalue weighted by Gasteiger charge is 2.14. The molecule has 0 fully saturated rings. The van der Waals surface area contributed by atoms with Gasteiger partial charge in [-0.2, -0.15) is 0 Å². The van der Waals surface area contributed by atoms with Crippen molar-refractivity contribution >= 4 is 5.91 Å². The second kappa shape index (κ2) is 7.00. The fourth-order valence-electron chi connectivity index (χ4n) is 2.38. The molecule has 1 amide bonds. The van der Waals surface area contributed by atoms with E-state index >= 15 is 0 Å². The van der Waals surface area contributed by atoms with E-state index in [1.165, 1.54) is 18.5 Å². The van der Waals surface area contributed by atoms with E-state index in [-0.39, 0.29) is 23.5 Å². The Morgan fingerprint density at radius 2 is 1.83 bits per heavy atom. The number of rotatable bonds is 4. The van der Waals surface area contributed by atoms with Gasteiger partial charge in [0, 0.05) is 5.56 Å². The van der Waals surface area contributed by atoms with E-state index in [0.29, 0.717) is 11.3 Å². The Morgan fingerprint density at radius 3 is 2.58 bits per heavy atom. The summed E-state index contributed by atoms with van der Waals surface area (Å²) in [6, 6.07) is 17.1. The van der Waals surface area contributed by atoms with E-state index in [9.17, 15) is 9.18 Å². The van der Waals surface area contributed by atoms with Crippen LogP contribution in [0.4, 0.5) is 4.39 Å². The van der Waals surface area contributed by atoms with Crippen molar-refractivity contribution in [3.63, 3.8) is 0 Å². The monoisotopic (exact) mass is 321 g/mol. The summed E-state index contributed by atoms with van der Waals surface area (Å²) in [6.45, 7) is 1.90. The molecule has 0 radical (unpaired) electrons. The molecule has 0 saturated heterocycles. The third-order valence-corrected chi connectivity index (χ3v) is 3.67. The van der Waals surface area contributed by atoms with Crippen molar-refractivity contribution in [3.05, 3.63) is 84.1 Å². The molecule has 1 atom stereocenters. The first kappa shape index (κ1) is 15.8. The van der Waals surface area contributed by atoms with Crippen molar-refractivity contribution in [3.8, 4) is 11.3 Å². The smallest absolute Gasteiger partial charge is 0.270 e. The standard InChI is InChI=1S/C19H16FN3O/c1-13(14-6-3-2-4-7-14)23-19(24)18-11-17(21-12-22-18)15-8-5-9-16(20)10-15/h2-13H,1H3,(H,23,24)/t13-/m0/s1. The highest BCUT2D eigenvalue weighted by Crippen LogP contribution is 2.18. The lowest BCUT2D eigenvalue weighted by molar-refractivity contribution is 0.0934. The Labute approximate surface area is 139 Å². The van der Waals surface area contributed by atoms with Crippen LogP contribution in [0.25, 0.3) is 11.3 Å². The maximum Gasteiger partial charge on any atom is 0.270 e. The predicted octanol–water partition coefficient (Wildman–Crippen LogP) is 3.77. The maximum absolute atomic E-state index is 13.3. The minimum Gasteiger partial charge on any atom is -0.344 e. The van der Waals surface area contributed by atoms with Gasteiger partial charge in [-0.3, -0.25) is 4.79 Å². The maximum atomic E-state index is 13.3. The van der Waals surface area contributed by atoms with E-state index < -0.39 is 0 Å². The fraction of sp³-hybridized carbons (Fsp3) is 0.105. The van der Waals surface area contributed by atoms with Crippen molar-refractivity contribution in [2.45, 2.75) is 13.0 Å². The molecule has 1 aromatic heterocycles. The lowest BCUT2D eigenvalue weighted by atomic mass is 10.1. The number of carbonyl (C=O) groups is 1. The summed E-state index contributed by atoms with van der Waals surface area (Å²) in [5.41, 5.74) is 2.35. The summed E-state index contributed by atoms with van der Waals surface area (Å²) in [4.78, 5) is 20.5. The first-order chi connectivity index (χ1) is 11.6. The number of aromatic nitrogens is 2. The van der Waals surface area contributed by atoms with Gasteiger partial charge in [0.25, 0.3) is 5.91 Å². The van der Waals surface area contributed by atoms with Crippen LogP contribution >= 0.6 is 0 Å². The second-order valence-corrected chi connectivity index (χ2v) is 5.40. The van der Waals surface area contributed by atoms with Crippen LogP contribution in [-0.2, 0) is 0 Å². The average molecular weight is 321 g/mol. The average Bonchev–Trinajstić information content (AvgIpc) is 2.62. The van der Waals surface area contributed by atoms with Crippen LogP contribution < -0.4 is 5.32 Å². The Bertz CT molecular complexity index is 852. The van der Waals surface area contributed by atoms with Gasteiger partial charge < -0.3 is 5.32 Å². The summed E-state index contributed by atoms with van der Waals surface area (Å²) in [5, 5.41) is 2.90. The molecule has 1 N–H and O–H groups in total. The zero-order chi connectivity index (χ0) is 16.9. The molecule has 0 aliphatic heterocycles. The SMILES string of the molecule is C[C@H](NC(=O)c1cc(-c2cccc(F)c2)ncn1)c1ccccc1. The normalized spacial score (nSPS) is 11.8. The van der Waals surface area contributed by atoms with Crippen molar-refractivity contribution in [1.29, 1.82) is 0 Å². The van der Waals surface area contributed by atoms with Crippen LogP contribution in [0.5, 0.6) is 0 Å². The number of amides is 1. The highest BCUT2D eigenvalue weighted by atomic mass is 19.1. The van der Waals surface area contributed by atoms with Gasteiger partial charge in [0.15, 0.2) is 0 Å². The van der Waals surface area contributed by atoms with Crippen molar-refractivity contribution in [1.82, 2.24) is 15.3 Å². The van der Waals surface area contributed by atoms with Gasteiger partial charge in [-0.05, 0) is 30.7 Å². The van der Waals surface area contributed by atoms with Crippen molar-refractivity contribution in [2.75, 3.05) is 0 Å². The lowest BCUT2D eigenvalue weighted by Crippen LogP contribution is -2.27. The third-order valence-electron chi connectivity index (χ3n) is 3.67. The first-order valence-corrected chi connectivity index (χ1v) is 7.57. The molecule has 0 saturated carbocycles. The molecule has 5 heteroatoms. The Balaban J connectivity index is 1.80. The molecular weight excluding hydrogens is 305 g/mol. The zero-order valence-corrected chi connectivity index (χ0v) is 13.1. The second-order valence-electron chi connectivity index (χ2n) is 5.40. The molecule has 2 aromatic carbocycles. The van der Waals surface area contributed by atoms with Crippen LogP contribution in [0, 0.1) is 5.82 Å². The van der Waals surface area contributed by atoms with E-state index in [0.717, 1.165) is 5.56 Å². The summed E-state index contributed by atoms with van der Waals surface area (Å²) in [7, 11) is 0. The van der Waals surface area contributed by atoms with Gasteiger partial charge in [-0.15, -0.1) is 0 Å². The Morgan fingerprint density at radius 1 is 1.04 bits per heavy atom. The molecule has 24 heavy (non-hydrogen) atoms. The third kappa shape index (κ3) is 3.63. The summed E-state index contributed by atoms with van der Waals surface area (Å²) in [6.07, 6.45) is 1.31. The first-order valence-electron chi connectivity index (χ1n) is 7.57. The molecule has 0 spiro atoms. The number of hydrogen-bond acceptors (Lipinski definition) is 3. The molecule has 0 unspecified atom stereocenters. The van der Waals surface area contributed by atoms with Gasteiger partial charge in [0.2, 0.25) is 0 Å². The quantitative estimate of drug-likeness (QED) is 0.796. The van der Waals surface area contributed by atoms with Gasteiger partial charge in [-0.1, -0.05) is 42.5 Å². The van der Waals surface area contributed by atoms with Crippen molar-refractivity contribution < 1.29 is 9.18 Å². The number of carbonyl (C=O) groups excluding carboxylic acids is 1. The predicted molar refractivity (Wildman–Crippen MR) is 89.7 cm³/mol. The van der Waals surface area contributed by atoms with E-state index in [2.05, 4.69) is 15.3 Å². The van der Waals surface area contributed by atoms with E-state index in [4.69, 9.17) is 0 Å². The van der Waals surface area contributed by atoms with E-state index in [1.807, 2.05) is 37.3 Å². The highest BCUT2D eigenvalue weighted by molar-refractivity contribution is 5.93. The molecule has 3 rings (SSSR count). The summed E-state index contributed by atoms with van der Waals surface area (Å²) >= 11 is 0. The Kier molecular flexibility index (Phi) is 4.61. The van der Waals surface area contributed by atoms with Gasteiger partial charge in [0.1, 0.15) is 17.8 Å². The fourth-order valence-corrected chi connectivity index (χ4v) is 2.38. The number of nitrogens with zero attached hydrogens (tertiary/aromatic N) is 2. The van der Waals surface area contributed by atoms with Gasteiger partial charge in [-0.25, -0.2) is 14.4 Å². The van der Waals surface area contributed by atoms with Crippen LogP contribution in [0.2, 0.25) is 0 Å². The molecule has 0 aliphatic rings. The van der Waals surface area contributed by atoms with E-state index in [1.54, 1.807) is 18.2 Å². The van der Waals surface area contributed by atoms with Crippen LogP contribution in [0.1, 0.15) is 29.0 Å². The molecule has 1 heterocycles. The number of hydrogen-bond donors (Lipinski definition) is 1. The van der Waals surface area contributed by atoms with Crippen LogP contribution in [-0.4, -0.2) is 15.9 Å². The molecule has 0 aliphatic carbocycles.